The number of aromatic nitrogens is 2. The minimum atomic E-state index is 0.458. The maximum Gasteiger partial charge on any atom is 0.130 e. The first-order chi connectivity index (χ1) is 10.6. The molecule has 2 aromatic carbocycles. The van der Waals surface area contributed by atoms with Crippen molar-refractivity contribution in [2.75, 3.05) is 5.73 Å². The van der Waals surface area contributed by atoms with Crippen LogP contribution in [0.4, 0.5) is 5.69 Å². The molecule has 0 saturated carbocycles. The Labute approximate surface area is 129 Å². The van der Waals surface area contributed by atoms with Gasteiger partial charge in [0.1, 0.15) is 12.4 Å². The summed E-state index contributed by atoms with van der Waals surface area (Å²) in [7, 11) is 0. The van der Waals surface area contributed by atoms with Gasteiger partial charge in [-0.05, 0) is 49.2 Å². The molecule has 22 heavy (non-hydrogen) atoms. The predicted octanol–water partition coefficient (Wildman–Crippen LogP) is 3.85. The van der Waals surface area contributed by atoms with Crippen molar-refractivity contribution in [2.45, 2.75) is 20.5 Å². The lowest BCUT2D eigenvalue weighted by molar-refractivity contribution is 0.299. The minimum Gasteiger partial charge on any atom is -0.487 e. The van der Waals surface area contributed by atoms with Crippen LogP contribution in [0, 0.1) is 13.8 Å². The van der Waals surface area contributed by atoms with Gasteiger partial charge in [-0.25, -0.2) is 0 Å². The smallest absolute Gasteiger partial charge is 0.130 e. The highest BCUT2D eigenvalue weighted by Gasteiger charge is 2.06. The molecule has 4 nitrogen and oxygen atoms in total. The van der Waals surface area contributed by atoms with E-state index in [9.17, 15) is 0 Å². The highest BCUT2D eigenvalue weighted by atomic mass is 16.5. The molecule has 0 amide bonds. The summed E-state index contributed by atoms with van der Waals surface area (Å²) < 4.78 is 5.88. The molecule has 3 aromatic rings. The second-order valence-electron chi connectivity index (χ2n) is 5.46. The Hall–Kier alpha value is -2.75. The van der Waals surface area contributed by atoms with Gasteiger partial charge in [0.25, 0.3) is 0 Å². The van der Waals surface area contributed by atoms with Crippen molar-refractivity contribution in [3.8, 4) is 17.0 Å². The molecule has 0 unspecified atom stereocenters. The Morgan fingerprint density at radius 2 is 1.95 bits per heavy atom. The number of nitrogen functional groups attached to an aromatic ring is 1. The van der Waals surface area contributed by atoms with Gasteiger partial charge in [-0.1, -0.05) is 24.3 Å². The van der Waals surface area contributed by atoms with Crippen molar-refractivity contribution in [3.05, 3.63) is 65.4 Å². The molecule has 0 bridgehead atoms. The highest BCUT2D eigenvalue weighted by molar-refractivity contribution is 5.64. The third kappa shape index (κ3) is 3.11. The third-order valence-electron chi connectivity index (χ3n) is 3.54. The molecule has 3 N–H and O–H groups in total. The number of nitrogens with two attached hydrogens (primary N) is 1. The lowest BCUT2D eigenvalue weighted by atomic mass is 10.1. The van der Waals surface area contributed by atoms with E-state index in [-0.39, 0.29) is 0 Å². The summed E-state index contributed by atoms with van der Waals surface area (Å²) in [6, 6.07) is 15.9. The first-order valence-electron chi connectivity index (χ1n) is 7.22. The number of nitrogens with one attached hydrogen (secondary N) is 1. The summed E-state index contributed by atoms with van der Waals surface area (Å²) in [4.78, 5) is 0. The summed E-state index contributed by atoms with van der Waals surface area (Å²) >= 11 is 0. The zero-order chi connectivity index (χ0) is 15.5. The van der Waals surface area contributed by atoms with Crippen molar-refractivity contribution in [1.29, 1.82) is 0 Å². The van der Waals surface area contributed by atoms with Gasteiger partial charge >= 0.3 is 0 Å². The largest absolute Gasteiger partial charge is 0.487 e. The van der Waals surface area contributed by atoms with E-state index in [0.717, 1.165) is 34.0 Å². The number of benzene rings is 2. The molecule has 1 heterocycles. The second kappa shape index (κ2) is 5.93. The molecule has 0 radical (unpaired) electrons. The van der Waals surface area contributed by atoms with Crippen molar-refractivity contribution in [1.82, 2.24) is 10.2 Å². The fourth-order valence-electron chi connectivity index (χ4n) is 2.30. The lowest BCUT2D eigenvalue weighted by Crippen LogP contribution is -1.97. The molecule has 0 spiro atoms. The Morgan fingerprint density at radius 3 is 2.77 bits per heavy atom. The van der Waals surface area contributed by atoms with Gasteiger partial charge in [0.15, 0.2) is 0 Å². The topological polar surface area (TPSA) is 63.9 Å². The van der Waals surface area contributed by atoms with E-state index in [1.807, 2.05) is 43.3 Å². The normalized spacial score (nSPS) is 10.6. The number of H-pyrrole nitrogens is 1. The van der Waals surface area contributed by atoms with Crippen molar-refractivity contribution < 1.29 is 4.74 Å². The van der Waals surface area contributed by atoms with Crippen molar-refractivity contribution in [3.63, 3.8) is 0 Å². The van der Waals surface area contributed by atoms with Crippen LogP contribution in [0.3, 0.4) is 0 Å². The van der Waals surface area contributed by atoms with Gasteiger partial charge in [0, 0.05) is 11.3 Å². The zero-order valence-electron chi connectivity index (χ0n) is 12.8. The number of hydrogen-bond donors (Lipinski definition) is 2. The SMILES string of the molecule is Cc1ccc(C)c(OCc2cc(-c3cccc(N)c3)n[nH]2)c1. The Kier molecular flexibility index (Phi) is 3.83. The number of rotatable bonds is 4. The van der Waals surface area contributed by atoms with Crippen molar-refractivity contribution >= 4 is 5.69 Å². The van der Waals surface area contributed by atoms with E-state index in [1.165, 1.54) is 5.56 Å². The van der Waals surface area contributed by atoms with Crippen molar-refractivity contribution in [2.24, 2.45) is 0 Å². The van der Waals surface area contributed by atoms with Crippen LogP contribution in [0.1, 0.15) is 16.8 Å². The summed E-state index contributed by atoms with van der Waals surface area (Å²) in [5, 5.41) is 7.33. The number of nitrogens with zero attached hydrogens (tertiary/aromatic N) is 1. The summed E-state index contributed by atoms with van der Waals surface area (Å²) in [5.74, 6) is 0.903. The van der Waals surface area contributed by atoms with E-state index in [4.69, 9.17) is 10.5 Å². The predicted molar refractivity (Wildman–Crippen MR) is 88.7 cm³/mol. The number of anilines is 1. The molecular formula is C18H19N3O. The van der Waals surface area contributed by atoms with Crippen LogP contribution in [0.25, 0.3) is 11.3 Å². The van der Waals surface area contributed by atoms with Gasteiger partial charge in [0.05, 0.1) is 11.4 Å². The molecule has 4 heteroatoms. The van der Waals surface area contributed by atoms with Gasteiger partial charge in [-0.3, -0.25) is 5.10 Å². The standard InChI is InChI=1S/C18H19N3O/c1-12-6-7-13(2)18(8-12)22-11-16-10-17(21-20-16)14-4-3-5-15(19)9-14/h3-10H,11,19H2,1-2H3,(H,20,21). The molecule has 1 aromatic heterocycles. The van der Waals surface area contributed by atoms with Crippen LogP contribution >= 0.6 is 0 Å². The van der Waals surface area contributed by atoms with Crippen LogP contribution in [-0.2, 0) is 6.61 Å². The van der Waals surface area contributed by atoms with E-state index < -0.39 is 0 Å². The molecular weight excluding hydrogens is 274 g/mol. The molecule has 0 atom stereocenters. The molecule has 0 aliphatic carbocycles. The Bertz CT molecular complexity index is 793. The highest BCUT2D eigenvalue weighted by Crippen LogP contribution is 2.22. The number of aromatic amines is 1. The second-order valence-corrected chi connectivity index (χ2v) is 5.46. The summed E-state index contributed by atoms with van der Waals surface area (Å²) in [6.07, 6.45) is 0. The Morgan fingerprint density at radius 1 is 1.09 bits per heavy atom. The van der Waals surface area contributed by atoms with E-state index in [2.05, 4.69) is 29.3 Å². The number of ether oxygens (including phenoxy) is 1. The zero-order valence-corrected chi connectivity index (χ0v) is 12.8. The molecule has 112 valence electrons. The van der Waals surface area contributed by atoms with Crippen LogP contribution in [-0.4, -0.2) is 10.2 Å². The molecule has 0 aliphatic rings. The van der Waals surface area contributed by atoms with E-state index >= 15 is 0 Å². The third-order valence-corrected chi connectivity index (χ3v) is 3.54. The van der Waals surface area contributed by atoms with Crippen LogP contribution in [0.2, 0.25) is 0 Å². The minimum absolute atomic E-state index is 0.458. The molecule has 3 rings (SSSR count). The molecule has 0 saturated heterocycles. The molecule has 0 fully saturated rings. The maximum absolute atomic E-state index is 5.88. The van der Waals surface area contributed by atoms with Gasteiger partial charge in [-0.15, -0.1) is 0 Å². The monoisotopic (exact) mass is 293 g/mol. The van der Waals surface area contributed by atoms with Gasteiger partial charge in [-0.2, -0.15) is 5.10 Å². The lowest BCUT2D eigenvalue weighted by Gasteiger charge is -2.08. The quantitative estimate of drug-likeness (QED) is 0.718. The fourth-order valence-corrected chi connectivity index (χ4v) is 2.30. The van der Waals surface area contributed by atoms with Gasteiger partial charge < -0.3 is 10.5 Å². The van der Waals surface area contributed by atoms with E-state index in [1.54, 1.807) is 0 Å². The summed E-state index contributed by atoms with van der Waals surface area (Å²) in [5.41, 5.74) is 11.6. The maximum atomic E-state index is 5.88. The van der Waals surface area contributed by atoms with Crippen LogP contribution in [0.5, 0.6) is 5.75 Å². The fraction of sp³-hybridized carbons (Fsp3) is 0.167. The Balaban J connectivity index is 1.73. The first kappa shape index (κ1) is 14.2. The average Bonchev–Trinajstić information content (AvgIpc) is 2.97. The first-order valence-corrected chi connectivity index (χ1v) is 7.22. The summed E-state index contributed by atoms with van der Waals surface area (Å²) in [6.45, 7) is 4.56. The number of hydrogen-bond acceptors (Lipinski definition) is 3. The van der Waals surface area contributed by atoms with Crippen LogP contribution in [0.15, 0.2) is 48.5 Å². The van der Waals surface area contributed by atoms with E-state index in [0.29, 0.717) is 6.61 Å². The molecule has 0 aliphatic heterocycles. The van der Waals surface area contributed by atoms with Crippen LogP contribution < -0.4 is 10.5 Å². The number of aryl methyl sites for hydroxylation is 2. The van der Waals surface area contributed by atoms with Gasteiger partial charge in [0.2, 0.25) is 0 Å². The average molecular weight is 293 g/mol.